The number of carbonyl (C=O) groups is 8. The first-order chi connectivity index (χ1) is 35.0. The minimum absolute atomic E-state index is 0.0855. The highest BCUT2D eigenvalue weighted by molar-refractivity contribution is 6.01. The monoisotopic (exact) mass is 1070 g/mol. The van der Waals surface area contributed by atoms with Crippen molar-refractivity contribution in [3.8, 4) is 0 Å². The molecule has 13 N–H and O–H groups in total. The number of hydrogen-bond donors (Lipinski definition) is 13. The molecular formula is C46H75N5O23. The number of ketones is 1. The largest absolute Gasteiger partial charge is 0.390 e. The molecule has 0 spiro atoms. The molecule has 4 aliphatic rings. The zero-order chi connectivity index (χ0) is 54.8. The third-order valence-corrected chi connectivity index (χ3v) is 13.2. The topological polar surface area (TPSA) is 425 Å². The number of hydroxylamine groups is 2. The van der Waals surface area contributed by atoms with Crippen LogP contribution in [-0.2, 0) is 66.9 Å². The summed E-state index contributed by atoms with van der Waals surface area (Å²) >= 11 is 0. The van der Waals surface area contributed by atoms with Gasteiger partial charge >= 0.3 is 5.97 Å². The number of aliphatic hydroxyl groups is 9. The van der Waals surface area contributed by atoms with Crippen LogP contribution >= 0.6 is 0 Å². The van der Waals surface area contributed by atoms with Crippen molar-refractivity contribution in [2.45, 2.75) is 190 Å². The molecule has 28 nitrogen and oxygen atoms in total. The molecule has 0 aromatic rings. The number of nitrogens with one attached hydrogen (secondary N) is 4. The molecule has 0 bridgehead atoms. The third kappa shape index (κ3) is 18.7. The number of carbonyl (C=O) groups excluding carboxylic acids is 8. The average molecular weight is 1070 g/mol. The van der Waals surface area contributed by atoms with Gasteiger partial charge in [0.15, 0.2) is 12.6 Å². The Balaban J connectivity index is 1.34. The van der Waals surface area contributed by atoms with Crippen molar-refractivity contribution < 1.29 is 113 Å². The van der Waals surface area contributed by atoms with Crippen LogP contribution in [0.3, 0.4) is 0 Å². The summed E-state index contributed by atoms with van der Waals surface area (Å²) in [6, 6.07) is -1.32. The Morgan fingerprint density at radius 3 is 1.68 bits per heavy atom. The molecule has 4 rings (SSSR count). The number of imide groups is 1. The maximum atomic E-state index is 13.6. The zero-order valence-corrected chi connectivity index (χ0v) is 41.7. The molecule has 0 aromatic heterocycles. The Morgan fingerprint density at radius 1 is 0.581 bits per heavy atom. The van der Waals surface area contributed by atoms with Crippen LogP contribution in [0.2, 0.25) is 0 Å². The van der Waals surface area contributed by atoms with E-state index in [0.717, 1.165) is 0 Å². The Bertz CT molecular complexity index is 1870. The van der Waals surface area contributed by atoms with Gasteiger partial charge in [0.05, 0.1) is 44.2 Å². The summed E-state index contributed by atoms with van der Waals surface area (Å²) in [5, 5.41) is 102. The maximum Gasteiger partial charge on any atom is 0.333 e. The van der Waals surface area contributed by atoms with Crippen molar-refractivity contribution in [3.63, 3.8) is 0 Å². The Kier molecular flexibility index (Phi) is 25.5. The smallest absolute Gasteiger partial charge is 0.333 e. The van der Waals surface area contributed by atoms with E-state index in [-0.39, 0.29) is 110 Å². The lowest BCUT2D eigenvalue weighted by Crippen LogP contribution is -2.57. The number of rotatable bonds is 29. The van der Waals surface area contributed by atoms with Gasteiger partial charge in [-0.1, -0.05) is 6.92 Å². The lowest BCUT2D eigenvalue weighted by atomic mass is 9.82. The van der Waals surface area contributed by atoms with Gasteiger partial charge < -0.3 is 95.7 Å². The Hall–Kier alpha value is -4.40. The quantitative estimate of drug-likeness (QED) is 0.0245. The highest BCUT2D eigenvalue weighted by Crippen LogP contribution is 2.28. The average Bonchev–Trinajstić information content (AvgIpc) is 3.68. The number of amides is 6. The van der Waals surface area contributed by atoms with Gasteiger partial charge in [0.1, 0.15) is 60.7 Å². The summed E-state index contributed by atoms with van der Waals surface area (Å²) < 4.78 is 27.4. The third-order valence-electron chi connectivity index (χ3n) is 13.2. The summed E-state index contributed by atoms with van der Waals surface area (Å²) in [6.45, 7) is 3.57. The SMILES string of the molecule is C[C@@H]1C[C@@H](OCCNC(=O)[C@H](CCC(=O)C[C@@H](CCC(=O)NCCO[C@@H]2O[C@@H](C)[C@@H](O)[C@@H](O)[C@@H]2O)C(=O)NCCO[C@@H]2O[C@@H](C)[C@@H](O)[C@@H](O)[C@@H]2O)NC(=O)CCCCC(=O)ON2C(=O)CCC2=O)[C@@H](O)[C@H](O)[C@@H]1O. The molecule has 17 atom stereocenters. The van der Waals surface area contributed by atoms with Crippen LogP contribution in [0.15, 0.2) is 0 Å². The second kappa shape index (κ2) is 30.4. The van der Waals surface area contributed by atoms with Crippen molar-refractivity contribution in [1.29, 1.82) is 0 Å². The van der Waals surface area contributed by atoms with Crippen molar-refractivity contribution in [2.75, 3.05) is 39.5 Å². The van der Waals surface area contributed by atoms with Gasteiger partial charge in [-0.25, -0.2) is 4.79 Å². The number of ether oxygens (including phenoxy) is 5. The summed E-state index contributed by atoms with van der Waals surface area (Å²) in [5.41, 5.74) is 0. The highest BCUT2D eigenvalue weighted by Gasteiger charge is 2.44. The lowest BCUT2D eigenvalue weighted by Gasteiger charge is -2.38. The Morgan fingerprint density at radius 2 is 1.09 bits per heavy atom. The van der Waals surface area contributed by atoms with E-state index in [4.69, 9.17) is 28.5 Å². The molecule has 1 saturated carbocycles. The zero-order valence-electron chi connectivity index (χ0n) is 41.7. The van der Waals surface area contributed by atoms with E-state index in [9.17, 15) is 84.3 Å². The van der Waals surface area contributed by atoms with Crippen molar-refractivity contribution in [3.05, 3.63) is 0 Å². The molecule has 74 heavy (non-hydrogen) atoms. The van der Waals surface area contributed by atoms with Crippen LogP contribution in [0.1, 0.15) is 97.8 Å². The first-order valence-corrected chi connectivity index (χ1v) is 25.0. The fraction of sp³-hybridized carbons (Fsp3) is 0.826. The first kappa shape index (κ1) is 62.1. The van der Waals surface area contributed by atoms with Crippen molar-refractivity contribution >= 4 is 47.2 Å². The van der Waals surface area contributed by atoms with E-state index in [2.05, 4.69) is 21.3 Å². The summed E-state index contributed by atoms with van der Waals surface area (Å²) in [7, 11) is 0. The van der Waals surface area contributed by atoms with Crippen molar-refractivity contribution in [1.82, 2.24) is 26.3 Å². The number of aliphatic hydroxyl groups excluding tert-OH is 9. The molecule has 1 aliphatic carbocycles. The highest BCUT2D eigenvalue weighted by atomic mass is 16.7. The van der Waals surface area contributed by atoms with Gasteiger partial charge in [0.25, 0.3) is 11.8 Å². The summed E-state index contributed by atoms with van der Waals surface area (Å²) in [5.74, 6) is -6.88. The number of nitrogens with zero attached hydrogens (tertiary/aromatic N) is 1. The predicted octanol–water partition coefficient (Wildman–Crippen LogP) is -5.68. The van der Waals surface area contributed by atoms with Crippen LogP contribution < -0.4 is 21.3 Å². The van der Waals surface area contributed by atoms with Gasteiger partial charge in [0.2, 0.25) is 23.6 Å². The summed E-state index contributed by atoms with van der Waals surface area (Å²) in [6.07, 6.45) is -20.0. The Labute approximate surface area is 426 Å². The molecule has 422 valence electrons. The minimum atomic E-state index is -1.61. The van der Waals surface area contributed by atoms with Gasteiger partial charge in [-0.15, -0.1) is 5.06 Å². The van der Waals surface area contributed by atoms with E-state index in [0.29, 0.717) is 5.06 Å². The van der Waals surface area contributed by atoms with Crippen LogP contribution in [0, 0.1) is 11.8 Å². The second-order valence-corrected chi connectivity index (χ2v) is 19.0. The number of Topliss-reactive ketones (excluding diaryl/α,β-unsaturated/α-hetero) is 1. The number of hydrogen-bond acceptors (Lipinski definition) is 23. The fourth-order valence-electron chi connectivity index (χ4n) is 8.54. The standard InChI is InChI=1S/C46H75N5O23/c1-22-20-28(37(61)38(62)34(22)58)69-17-15-49-44(68)27(50-30(54)6-4-5-7-33(57)74-51-31(55)12-13-32(51)56)10-9-26(52)21-25(43(67)48-16-19-71-46-42(66)40(64)36(60)24(3)73-46)8-11-29(53)47-14-18-70-45-41(65)39(63)35(59)23(2)72-45/h22-25,27-28,34-42,45-46,58-66H,4-21H2,1-3H3,(H,47,53)(H,48,67)(H,49,68)(H,50,54)/t22-,23+,24+,25-,27+,28-,34-,35-,36-,37-,38-,39-,40-,41+,42+,45-,46-/m1/s1. The van der Waals surface area contributed by atoms with E-state index in [1.165, 1.54) is 13.8 Å². The van der Waals surface area contributed by atoms with E-state index < -0.39 is 157 Å². The second-order valence-electron chi connectivity index (χ2n) is 19.0. The van der Waals surface area contributed by atoms with Crippen LogP contribution in [-0.4, -0.2) is 230 Å². The van der Waals surface area contributed by atoms with Gasteiger partial charge in [-0.05, 0) is 51.9 Å². The minimum Gasteiger partial charge on any atom is -0.390 e. The molecule has 3 saturated heterocycles. The molecule has 4 fully saturated rings. The summed E-state index contributed by atoms with van der Waals surface area (Å²) in [4.78, 5) is 107. The predicted molar refractivity (Wildman–Crippen MR) is 246 cm³/mol. The molecule has 6 amide bonds. The molecular weight excluding hydrogens is 991 g/mol. The van der Waals surface area contributed by atoms with Crippen LogP contribution in [0.5, 0.6) is 0 Å². The lowest BCUT2D eigenvalue weighted by molar-refractivity contribution is -0.292. The molecule has 0 aromatic carbocycles. The van der Waals surface area contributed by atoms with Crippen molar-refractivity contribution in [2.24, 2.45) is 11.8 Å². The van der Waals surface area contributed by atoms with Gasteiger partial charge in [-0.3, -0.25) is 33.6 Å². The van der Waals surface area contributed by atoms with Crippen LogP contribution in [0.25, 0.3) is 0 Å². The van der Waals surface area contributed by atoms with E-state index >= 15 is 0 Å². The fourth-order valence-corrected chi connectivity index (χ4v) is 8.54. The normalized spacial score (nSPS) is 32.1. The van der Waals surface area contributed by atoms with E-state index in [1.54, 1.807) is 6.92 Å². The van der Waals surface area contributed by atoms with Gasteiger partial charge in [0, 0.05) is 70.5 Å². The van der Waals surface area contributed by atoms with Crippen LogP contribution in [0.4, 0.5) is 0 Å². The maximum absolute atomic E-state index is 13.6. The van der Waals surface area contributed by atoms with E-state index in [1.807, 2.05) is 0 Å². The molecule has 3 aliphatic heterocycles. The molecule has 0 radical (unpaired) electrons. The first-order valence-electron chi connectivity index (χ1n) is 25.0. The molecule has 3 heterocycles. The molecule has 28 heteroatoms. The molecule has 0 unspecified atom stereocenters. The van der Waals surface area contributed by atoms with Gasteiger partial charge in [-0.2, -0.15) is 0 Å². The number of unbranched alkanes of at least 4 members (excludes halogenated alkanes) is 1.